The molecule has 0 amide bonds. The smallest absolute Gasteiger partial charge is 0.240 e. The van der Waals surface area contributed by atoms with Crippen LogP contribution in [-0.4, -0.2) is 24.7 Å². The zero-order valence-corrected chi connectivity index (χ0v) is 16.2. The number of furan rings is 1. The van der Waals surface area contributed by atoms with E-state index >= 15 is 0 Å². The van der Waals surface area contributed by atoms with Crippen molar-refractivity contribution in [2.75, 3.05) is 6.54 Å². The van der Waals surface area contributed by atoms with Gasteiger partial charge in [0.25, 0.3) is 0 Å². The minimum absolute atomic E-state index is 0.144. The Morgan fingerprint density at radius 3 is 2.46 bits per heavy atom. The number of hydrogen-bond acceptors (Lipinski definition) is 4. The maximum Gasteiger partial charge on any atom is 0.240 e. The zero-order chi connectivity index (χ0) is 18.9. The highest BCUT2D eigenvalue weighted by Crippen LogP contribution is 2.22. The van der Waals surface area contributed by atoms with Crippen LogP contribution in [0.15, 0.2) is 52.0 Å². The lowest BCUT2D eigenvalue weighted by Gasteiger charge is -2.18. The molecule has 0 aliphatic carbocycles. The van der Waals surface area contributed by atoms with Crippen molar-refractivity contribution >= 4 is 10.0 Å². The van der Waals surface area contributed by atoms with Gasteiger partial charge in [-0.2, -0.15) is 5.10 Å². The third-order valence-electron chi connectivity index (χ3n) is 4.47. The van der Waals surface area contributed by atoms with Crippen LogP contribution < -0.4 is 4.72 Å². The number of nitrogens with zero attached hydrogens (tertiary/aromatic N) is 2. The highest BCUT2D eigenvalue weighted by Gasteiger charge is 2.23. The summed E-state index contributed by atoms with van der Waals surface area (Å²) in [4.78, 5) is 0.257. The topological polar surface area (TPSA) is 77.1 Å². The van der Waals surface area contributed by atoms with Crippen LogP contribution in [0.25, 0.3) is 0 Å². The largest absolute Gasteiger partial charge is 0.467 e. The van der Waals surface area contributed by atoms with Crippen LogP contribution in [0, 0.1) is 27.7 Å². The fourth-order valence-corrected chi connectivity index (χ4v) is 4.03. The molecule has 1 atom stereocenters. The summed E-state index contributed by atoms with van der Waals surface area (Å²) in [5.41, 5.74) is 3.81. The number of nitrogens with one attached hydrogen (secondary N) is 1. The second-order valence-corrected chi connectivity index (χ2v) is 8.27. The molecule has 1 unspecified atom stereocenters. The summed E-state index contributed by atoms with van der Waals surface area (Å²) in [6.45, 7) is 7.84. The first kappa shape index (κ1) is 18.4. The molecule has 3 aromatic rings. The van der Waals surface area contributed by atoms with E-state index in [0.29, 0.717) is 5.76 Å². The molecule has 2 heterocycles. The van der Waals surface area contributed by atoms with E-state index in [1.54, 1.807) is 29.1 Å². The Labute approximate surface area is 153 Å². The van der Waals surface area contributed by atoms with E-state index < -0.39 is 10.0 Å². The van der Waals surface area contributed by atoms with Gasteiger partial charge >= 0.3 is 0 Å². The predicted molar refractivity (Wildman–Crippen MR) is 99.7 cm³/mol. The second-order valence-electron chi connectivity index (χ2n) is 6.50. The van der Waals surface area contributed by atoms with E-state index in [1.807, 2.05) is 45.9 Å². The minimum Gasteiger partial charge on any atom is -0.467 e. The van der Waals surface area contributed by atoms with Gasteiger partial charge in [0, 0.05) is 12.2 Å². The highest BCUT2D eigenvalue weighted by atomic mass is 32.2. The molecule has 0 fully saturated rings. The molecule has 2 aromatic heterocycles. The quantitative estimate of drug-likeness (QED) is 0.719. The Morgan fingerprint density at radius 2 is 1.88 bits per heavy atom. The lowest BCUT2D eigenvalue weighted by Crippen LogP contribution is -2.32. The monoisotopic (exact) mass is 373 g/mol. The van der Waals surface area contributed by atoms with Crippen molar-refractivity contribution in [2.45, 2.75) is 38.6 Å². The molecule has 0 aliphatic heterocycles. The molecule has 7 heteroatoms. The Balaban J connectivity index is 1.88. The number of aromatic nitrogens is 2. The third-order valence-corrected chi connectivity index (χ3v) is 5.89. The van der Waals surface area contributed by atoms with Crippen molar-refractivity contribution in [2.24, 2.45) is 0 Å². The number of rotatable bonds is 6. The maximum atomic E-state index is 12.7. The lowest BCUT2D eigenvalue weighted by molar-refractivity contribution is 0.397. The van der Waals surface area contributed by atoms with Gasteiger partial charge in [-0.1, -0.05) is 6.07 Å². The number of benzene rings is 1. The van der Waals surface area contributed by atoms with Crippen molar-refractivity contribution in [1.29, 1.82) is 0 Å². The van der Waals surface area contributed by atoms with Gasteiger partial charge in [0.2, 0.25) is 10.0 Å². The number of hydrogen-bond donors (Lipinski definition) is 1. The van der Waals surface area contributed by atoms with Crippen LogP contribution in [0.3, 0.4) is 0 Å². The van der Waals surface area contributed by atoms with E-state index in [4.69, 9.17) is 4.42 Å². The van der Waals surface area contributed by atoms with Crippen LogP contribution in [-0.2, 0) is 10.0 Å². The molecular weight excluding hydrogens is 350 g/mol. The molecule has 3 rings (SSSR count). The van der Waals surface area contributed by atoms with Gasteiger partial charge in [0.05, 0.1) is 16.9 Å². The summed E-state index contributed by atoms with van der Waals surface area (Å²) in [5, 5.41) is 4.49. The summed E-state index contributed by atoms with van der Waals surface area (Å²) in [5.74, 6) is 0.652. The van der Waals surface area contributed by atoms with Crippen molar-refractivity contribution in [1.82, 2.24) is 14.5 Å². The van der Waals surface area contributed by atoms with Crippen molar-refractivity contribution in [3.63, 3.8) is 0 Å². The Morgan fingerprint density at radius 1 is 1.12 bits per heavy atom. The molecule has 0 aliphatic rings. The van der Waals surface area contributed by atoms with Gasteiger partial charge in [0.1, 0.15) is 11.8 Å². The summed E-state index contributed by atoms with van der Waals surface area (Å²) in [6, 6.07) is 10.3. The van der Waals surface area contributed by atoms with Crippen LogP contribution in [0.4, 0.5) is 0 Å². The van der Waals surface area contributed by atoms with E-state index in [-0.39, 0.29) is 17.5 Å². The summed E-state index contributed by atoms with van der Waals surface area (Å²) < 4.78 is 35.4. The maximum absolute atomic E-state index is 12.7. The number of sulfonamides is 1. The van der Waals surface area contributed by atoms with Crippen LogP contribution >= 0.6 is 0 Å². The molecule has 138 valence electrons. The second kappa shape index (κ2) is 7.09. The van der Waals surface area contributed by atoms with Crippen molar-refractivity contribution < 1.29 is 12.8 Å². The molecule has 0 saturated carbocycles. The molecule has 0 radical (unpaired) electrons. The molecular formula is C19H23N3O3S. The van der Waals surface area contributed by atoms with Crippen molar-refractivity contribution in [3.05, 3.63) is 70.9 Å². The Kier molecular flexibility index (Phi) is 5.02. The lowest BCUT2D eigenvalue weighted by atomic mass is 10.1. The normalized spacial score (nSPS) is 13.1. The first-order chi connectivity index (χ1) is 12.3. The summed E-state index contributed by atoms with van der Waals surface area (Å²) >= 11 is 0. The van der Waals surface area contributed by atoms with Gasteiger partial charge in [-0.25, -0.2) is 13.1 Å². The highest BCUT2D eigenvalue weighted by molar-refractivity contribution is 7.89. The van der Waals surface area contributed by atoms with E-state index in [1.165, 1.54) is 0 Å². The van der Waals surface area contributed by atoms with Gasteiger partial charge in [-0.3, -0.25) is 4.68 Å². The molecule has 0 saturated heterocycles. The average molecular weight is 373 g/mol. The molecule has 0 spiro atoms. The van der Waals surface area contributed by atoms with Crippen molar-refractivity contribution in [3.8, 4) is 0 Å². The van der Waals surface area contributed by atoms with Crippen LogP contribution in [0.1, 0.15) is 34.3 Å². The van der Waals surface area contributed by atoms with E-state index in [0.717, 1.165) is 22.5 Å². The fraction of sp³-hybridized carbons (Fsp3) is 0.316. The summed E-state index contributed by atoms with van der Waals surface area (Å²) in [7, 11) is -3.63. The summed E-state index contributed by atoms with van der Waals surface area (Å²) in [6.07, 6.45) is 1.58. The van der Waals surface area contributed by atoms with Gasteiger partial charge in [-0.05, 0) is 69.2 Å². The van der Waals surface area contributed by atoms with E-state index in [9.17, 15) is 8.42 Å². The van der Waals surface area contributed by atoms with Gasteiger partial charge in [-0.15, -0.1) is 0 Å². The fourth-order valence-electron chi connectivity index (χ4n) is 2.90. The molecule has 1 N–H and O–H groups in total. The van der Waals surface area contributed by atoms with Crippen LogP contribution in [0.2, 0.25) is 0 Å². The van der Waals surface area contributed by atoms with Gasteiger partial charge < -0.3 is 4.42 Å². The first-order valence-electron chi connectivity index (χ1n) is 8.41. The molecule has 6 nitrogen and oxygen atoms in total. The first-order valence-corrected chi connectivity index (χ1v) is 9.89. The number of aryl methyl sites for hydroxylation is 4. The third kappa shape index (κ3) is 3.73. The van der Waals surface area contributed by atoms with Crippen LogP contribution in [0.5, 0.6) is 0 Å². The Bertz CT molecular complexity index is 1000. The minimum atomic E-state index is -3.63. The average Bonchev–Trinajstić information content (AvgIpc) is 3.20. The van der Waals surface area contributed by atoms with Gasteiger partial charge in [0.15, 0.2) is 0 Å². The SMILES string of the molecule is Cc1cc(C)n(C(CNS(=O)(=O)c2ccc(C)c(C)c2)c2ccco2)n1. The van der Waals surface area contributed by atoms with E-state index in [2.05, 4.69) is 9.82 Å². The Hall–Kier alpha value is -2.38. The predicted octanol–water partition coefficient (Wildman–Crippen LogP) is 3.28. The molecule has 0 bridgehead atoms. The molecule has 26 heavy (non-hydrogen) atoms. The zero-order valence-electron chi connectivity index (χ0n) is 15.4. The standard InChI is InChI=1S/C19H23N3O3S/c1-13-7-8-17(10-14(13)2)26(23,24)20-12-18(19-6-5-9-25-19)22-16(4)11-15(3)21-22/h5-11,18,20H,12H2,1-4H3. The molecule has 1 aromatic carbocycles.